The number of aromatic hydroxyl groups is 2. The van der Waals surface area contributed by atoms with Crippen LogP contribution in [0.5, 0.6) is 11.5 Å². The van der Waals surface area contributed by atoms with Crippen LogP contribution in [0.1, 0.15) is 11.4 Å². The summed E-state index contributed by atoms with van der Waals surface area (Å²) in [6, 6.07) is 26.9. The number of rotatable bonds is 6. The average Bonchev–Trinajstić information content (AvgIpc) is 3.51. The van der Waals surface area contributed by atoms with Crippen LogP contribution >= 0.6 is 23.2 Å². The molecular formula is C32H24Cl2CrN8NaO4-. The van der Waals surface area contributed by atoms with Crippen LogP contribution in [0.4, 0.5) is 22.7 Å². The van der Waals surface area contributed by atoms with E-state index in [-0.39, 0.29) is 92.3 Å². The van der Waals surface area contributed by atoms with E-state index in [9.17, 15) is 19.8 Å². The second-order valence-corrected chi connectivity index (χ2v) is 10.5. The Hall–Kier alpha value is -4.19. The van der Waals surface area contributed by atoms with Crippen LogP contribution in [0.3, 0.4) is 0 Å². The maximum atomic E-state index is 12.4. The van der Waals surface area contributed by atoms with Crippen LogP contribution in [-0.4, -0.2) is 29.8 Å². The number of benzene rings is 4. The van der Waals surface area contributed by atoms with Crippen molar-refractivity contribution in [3.05, 3.63) is 139 Å². The number of aromatic nitrogens is 4. The van der Waals surface area contributed by atoms with Crippen molar-refractivity contribution in [1.29, 1.82) is 0 Å². The van der Waals surface area contributed by atoms with Crippen molar-refractivity contribution in [2.24, 2.45) is 20.5 Å². The average molecular weight is 730 g/mol. The van der Waals surface area contributed by atoms with Crippen LogP contribution in [0, 0.1) is 13.8 Å². The smallest absolute Gasteiger partial charge is 0.506 e. The molecule has 12 nitrogen and oxygen atoms in total. The molecule has 0 aliphatic heterocycles. The minimum absolute atomic E-state index is 0. The van der Waals surface area contributed by atoms with Gasteiger partial charge in [-0.25, -0.2) is 19.6 Å². The van der Waals surface area contributed by atoms with Crippen LogP contribution in [0.15, 0.2) is 127 Å². The van der Waals surface area contributed by atoms with E-state index >= 15 is 0 Å². The Labute approximate surface area is 316 Å². The summed E-state index contributed by atoms with van der Waals surface area (Å²) in [4.78, 5) is 24.8. The Morgan fingerprint density at radius 2 is 0.979 bits per heavy atom. The zero-order valence-electron chi connectivity index (χ0n) is 25.7. The molecule has 0 saturated carbocycles. The molecule has 2 N–H and O–H groups in total. The number of nitrogens with zero attached hydrogens (tertiary/aromatic N) is 8. The Bertz CT molecular complexity index is 2030. The molecule has 0 unspecified atom stereocenters. The summed E-state index contributed by atoms with van der Waals surface area (Å²) in [6.07, 6.45) is 0. The van der Waals surface area contributed by atoms with Gasteiger partial charge in [-0.1, -0.05) is 84.8 Å². The number of halogens is 2. The minimum Gasteiger partial charge on any atom is -0.506 e. The number of phenolic OH excluding ortho intramolecular Hbond substituents is 2. The molecule has 0 saturated heterocycles. The summed E-state index contributed by atoms with van der Waals surface area (Å²) >= 11 is 11.7. The van der Waals surface area contributed by atoms with Gasteiger partial charge in [0.2, 0.25) is 0 Å². The second kappa shape index (κ2) is 17.3. The van der Waals surface area contributed by atoms with Gasteiger partial charge in [0, 0.05) is 27.4 Å². The molecule has 6 aromatic rings. The summed E-state index contributed by atoms with van der Waals surface area (Å²) in [7, 11) is 0. The van der Waals surface area contributed by atoms with Gasteiger partial charge >= 0.3 is 29.6 Å². The fourth-order valence-corrected chi connectivity index (χ4v) is 4.41. The molecule has 0 aliphatic carbocycles. The summed E-state index contributed by atoms with van der Waals surface area (Å²) in [5, 5.41) is 44.3. The van der Waals surface area contributed by atoms with E-state index in [1.807, 2.05) is 36.4 Å². The van der Waals surface area contributed by atoms with Crippen LogP contribution < -0.4 is 40.7 Å². The maximum Gasteiger partial charge on any atom is 1.00 e. The molecule has 0 bridgehead atoms. The third-order valence-corrected chi connectivity index (χ3v) is 6.84. The summed E-state index contributed by atoms with van der Waals surface area (Å²) < 4.78 is 2.53. The van der Waals surface area contributed by atoms with E-state index in [0.29, 0.717) is 32.8 Å². The first-order valence-corrected chi connectivity index (χ1v) is 14.3. The van der Waals surface area contributed by atoms with E-state index < -0.39 is 0 Å². The van der Waals surface area contributed by atoms with Gasteiger partial charge in [-0.15, -0.1) is 11.4 Å². The Balaban J connectivity index is 0.000000250. The van der Waals surface area contributed by atoms with Gasteiger partial charge < -0.3 is 30.0 Å². The molecule has 0 aliphatic rings. The van der Waals surface area contributed by atoms with Gasteiger partial charge in [-0.3, -0.25) is 0 Å². The summed E-state index contributed by atoms with van der Waals surface area (Å²) in [5.41, 5.74) is 2.04. The fourth-order valence-electron chi connectivity index (χ4n) is 4.08. The van der Waals surface area contributed by atoms with Crippen LogP contribution in [-0.2, 0) is 17.4 Å². The van der Waals surface area contributed by atoms with Crippen molar-refractivity contribution in [3.63, 3.8) is 0 Å². The first-order valence-electron chi connectivity index (χ1n) is 13.6. The molecule has 0 atom stereocenters. The third kappa shape index (κ3) is 9.03. The van der Waals surface area contributed by atoms with Crippen molar-refractivity contribution in [2.45, 2.75) is 13.8 Å². The van der Waals surface area contributed by atoms with Crippen molar-refractivity contribution in [1.82, 2.24) is 19.6 Å². The molecule has 6 rings (SSSR count). The standard InChI is InChI=1S/2C16H12ClN4O2.Cr.Na/c2*1-10-15(19-18-13-9-11(17)7-8-14(13)22)16(23)21(20-10)12-5-3-2-4-6-12;;/h2*2-9,22H,1H3;;/q2*-1;;+1. The number of azo groups is 2. The summed E-state index contributed by atoms with van der Waals surface area (Å²) in [5.74, 6) is -0.141. The molecule has 238 valence electrons. The summed E-state index contributed by atoms with van der Waals surface area (Å²) in [6.45, 7) is 3.35. The van der Waals surface area contributed by atoms with E-state index in [2.05, 4.69) is 30.7 Å². The van der Waals surface area contributed by atoms with E-state index in [0.717, 1.165) is 0 Å². The van der Waals surface area contributed by atoms with Gasteiger partial charge in [-0.2, -0.15) is 10.2 Å². The number of para-hydroxylation sites is 2. The van der Waals surface area contributed by atoms with Gasteiger partial charge in [0.05, 0.1) is 11.4 Å². The van der Waals surface area contributed by atoms with E-state index in [1.165, 1.54) is 45.8 Å². The Kier molecular flexibility index (Phi) is 13.8. The van der Waals surface area contributed by atoms with Gasteiger partial charge in [0.25, 0.3) is 0 Å². The number of hydrogen-bond donors (Lipinski definition) is 2. The van der Waals surface area contributed by atoms with Crippen LogP contribution in [0.25, 0.3) is 11.4 Å². The SMILES string of the molecule is Cc1nn(-c2ccccc2)c(=O)[c-]1N=Nc1cc(Cl)ccc1O.Cc1nn(-c2ccccc2)c(=O)[c-]1N=Nc1cc(Cl)ccc1O.[Cr].[Na+]. The van der Waals surface area contributed by atoms with Crippen molar-refractivity contribution < 1.29 is 57.1 Å². The van der Waals surface area contributed by atoms with E-state index in [1.54, 1.807) is 38.1 Å². The molecule has 0 radical (unpaired) electrons. The predicted molar refractivity (Wildman–Crippen MR) is 175 cm³/mol. The normalized spacial score (nSPS) is 10.8. The molecule has 16 heteroatoms. The van der Waals surface area contributed by atoms with Gasteiger partial charge in [0.1, 0.15) is 34.0 Å². The number of phenols is 2. The zero-order valence-corrected chi connectivity index (χ0v) is 30.5. The molecule has 0 spiro atoms. The Morgan fingerprint density at radius 1 is 0.625 bits per heavy atom. The third-order valence-electron chi connectivity index (χ3n) is 6.37. The van der Waals surface area contributed by atoms with Gasteiger partial charge in [-0.05, 0) is 60.7 Å². The second-order valence-electron chi connectivity index (χ2n) is 9.64. The first kappa shape index (κ1) is 38.3. The monoisotopic (exact) mass is 729 g/mol. The number of aryl methyl sites for hydroxylation is 2. The molecule has 48 heavy (non-hydrogen) atoms. The molecule has 4 aromatic carbocycles. The molecule has 0 amide bonds. The Morgan fingerprint density at radius 3 is 1.33 bits per heavy atom. The number of hydrogen-bond acceptors (Lipinski definition) is 10. The topological polar surface area (TPSA) is 160 Å². The molecule has 0 fully saturated rings. The molecule has 2 heterocycles. The molecule has 2 aromatic heterocycles. The largest absolute Gasteiger partial charge is 1.00 e. The van der Waals surface area contributed by atoms with Crippen molar-refractivity contribution >= 4 is 46.0 Å². The first-order chi connectivity index (χ1) is 22.1. The minimum atomic E-state index is -0.376. The zero-order chi connectivity index (χ0) is 32.8. The predicted octanol–water partition coefficient (Wildman–Crippen LogP) is 5.07. The maximum absolute atomic E-state index is 12.4. The van der Waals surface area contributed by atoms with Crippen LogP contribution in [0.2, 0.25) is 10.0 Å². The fraction of sp³-hybridized carbons (Fsp3) is 0.0625. The van der Waals surface area contributed by atoms with Crippen molar-refractivity contribution in [2.75, 3.05) is 0 Å². The van der Waals surface area contributed by atoms with E-state index in [4.69, 9.17) is 23.2 Å². The quantitative estimate of drug-likeness (QED) is 0.138. The van der Waals surface area contributed by atoms with Crippen molar-refractivity contribution in [3.8, 4) is 22.9 Å². The molecular weight excluding hydrogens is 706 g/mol. The van der Waals surface area contributed by atoms with Gasteiger partial charge in [0.15, 0.2) is 0 Å².